The molecule has 6 nitrogen and oxygen atoms in total. The molecule has 0 radical (unpaired) electrons. The lowest BCUT2D eigenvalue weighted by atomic mass is 9.97. The number of nitrogens with one attached hydrogen (secondary N) is 1. The third-order valence-electron chi connectivity index (χ3n) is 1.63. The van der Waals surface area contributed by atoms with Gasteiger partial charge in [-0.05, 0) is 5.92 Å². The molecule has 0 aromatic rings. The lowest BCUT2D eigenvalue weighted by Crippen LogP contribution is -2.38. The smallest absolute Gasteiger partial charge is 0.308 e. The standard InChI is InChI=1S/C6H14N2O4S/c1-4(2)5(6(9)10)3-8-13(7,11)12/h4-5,8H,3H2,1-2H3,(H,9,10)(H2,7,11,12). The molecule has 0 heterocycles. The van der Waals surface area contributed by atoms with Crippen LogP contribution < -0.4 is 9.86 Å². The van der Waals surface area contributed by atoms with Gasteiger partial charge < -0.3 is 5.11 Å². The van der Waals surface area contributed by atoms with Crippen LogP contribution in [0.1, 0.15) is 13.8 Å². The topological polar surface area (TPSA) is 109 Å². The van der Waals surface area contributed by atoms with Gasteiger partial charge in [-0.3, -0.25) is 4.79 Å². The molecule has 7 heteroatoms. The van der Waals surface area contributed by atoms with E-state index in [-0.39, 0.29) is 12.5 Å². The highest BCUT2D eigenvalue weighted by molar-refractivity contribution is 7.87. The minimum atomic E-state index is -3.80. The van der Waals surface area contributed by atoms with Gasteiger partial charge in [-0.15, -0.1) is 0 Å². The maximum absolute atomic E-state index is 10.6. The average Bonchev–Trinajstić information content (AvgIpc) is 1.82. The van der Waals surface area contributed by atoms with Crippen molar-refractivity contribution in [1.82, 2.24) is 4.72 Å². The average molecular weight is 210 g/mol. The zero-order valence-corrected chi connectivity index (χ0v) is 8.34. The first kappa shape index (κ1) is 12.3. The lowest BCUT2D eigenvalue weighted by Gasteiger charge is -2.15. The van der Waals surface area contributed by atoms with E-state index < -0.39 is 22.1 Å². The minimum absolute atomic E-state index is 0.147. The van der Waals surface area contributed by atoms with Crippen LogP contribution in [0.5, 0.6) is 0 Å². The van der Waals surface area contributed by atoms with Crippen LogP contribution in [-0.2, 0) is 15.0 Å². The Morgan fingerprint density at radius 3 is 2.23 bits per heavy atom. The van der Waals surface area contributed by atoms with Gasteiger partial charge in [-0.25, -0.2) is 9.86 Å². The Labute approximate surface area is 77.3 Å². The monoisotopic (exact) mass is 210 g/mol. The molecule has 1 atom stereocenters. The van der Waals surface area contributed by atoms with Crippen molar-refractivity contribution < 1.29 is 18.3 Å². The van der Waals surface area contributed by atoms with Gasteiger partial charge in [0, 0.05) is 6.54 Å². The summed E-state index contributed by atoms with van der Waals surface area (Å²) in [5.41, 5.74) is 0. The molecule has 4 N–H and O–H groups in total. The van der Waals surface area contributed by atoms with Gasteiger partial charge in [0.2, 0.25) is 0 Å². The Morgan fingerprint density at radius 1 is 1.54 bits per heavy atom. The molecule has 0 spiro atoms. The summed E-state index contributed by atoms with van der Waals surface area (Å²) in [6, 6.07) is 0. The van der Waals surface area contributed by atoms with E-state index in [0.29, 0.717) is 0 Å². The SMILES string of the molecule is CC(C)C(CNS(N)(=O)=O)C(=O)O. The van der Waals surface area contributed by atoms with E-state index >= 15 is 0 Å². The largest absolute Gasteiger partial charge is 0.481 e. The highest BCUT2D eigenvalue weighted by Gasteiger charge is 2.22. The van der Waals surface area contributed by atoms with Crippen molar-refractivity contribution in [2.75, 3.05) is 6.54 Å². The first-order valence-electron chi connectivity index (χ1n) is 3.74. The van der Waals surface area contributed by atoms with Crippen molar-refractivity contribution in [2.45, 2.75) is 13.8 Å². The normalized spacial score (nSPS) is 14.5. The van der Waals surface area contributed by atoms with Crippen LogP contribution in [0.25, 0.3) is 0 Å². The van der Waals surface area contributed by atoms with E-state index in [9.17, 15) is 13.2 Å². The van der Waals surface area contributed by atoms with Gasteiger partial charge in [0.05, 0.1) is 5.92 Å². The minimum Gasteiger partial charge on any atom is -0.481 e. The molecule has 0 aliphatic heterocycles. The van der Waals surface area contributed by atoms with Gasteiger partial charge in [0.1, 0.15) is 0 Å². The molecule has 0 aliphatic rings. The predicted molar refractivity (Wildman–Crippen MR) is 47.1 cm³/mol. The molecular formula is C6H14N2O4S. The van der Waals surface area contributed by atoms with Crippen molar-refractivity contribution >= 4 is 16.2 Å². The molecule has 0 fully saturated rings. The van der Waals surface area contributed by atoms with Crippen LogP contribution in [0.2, 0.25) is 0 Å². The van der Waals surface area contributed by atoms with Gasteiger partial charge in [-0.2, -0.15) is 8.42 Å². The summed E-state index contributed by atoms with van der Waals surface area (Å²) in [6.45, 7) is 3.22. The maximum Gasteiger partial charge on any atom is 0.308 e. The fraction of sp³-hybridized carbons (Fsp3) is 0.833. The number of aliphatic carboxylic acids is 1. The molecule has 0 saturated carbocycles. The van der Waals surface area contributed by atoms with E-state index in [4.69, 9.17) is 5.11 Å². The van der Waals surface area contributed by atoms with Crippen molar-refractivity contribution in [3.63, 3.8) is 0 Å². The highest BCUT2D eigenvalue weighted by Crippen LogP contribution is 2.09. The third kappa shape index (κ3) is 5.56. The van der Waals surface area contributed by atoms with Gasteiger partial charge in [-0.1, -0.05) is 13.8 Å². The quantitative estimate of drug-likeness (QED) is 0.548. The molecule has 0 aromatic carbocycles. The number of carboxylic acid groups (broad SMARTS) is 1. The van der Waals surface area contributed by atoms with Crippen LogP contribution in [0, 0.1) is 11.8 Å². The molecule has 0 aliphatic carbocycles. The Balaban J connectivity index is 4.22. The molecule has 1 unspecified atom stereocenters. The number of hydrogen-bond donors (Lipinski definition) is 3. The molecule has 0 saturated heterocycles. The second-order valence-electron chi connectivity index (χ2n) is 3.08. The van der Waals surface area contributed by atoms with Crippen LogP contribution in [0.4, 0.5) is 0 Å². The molecule has 78 valence electrons. The second kappa shape index (κ2) is 4.54. The molecule has 13 heavy (non-hydrogen) atoms. The fourth-order valence-corrected chi connectivity index (χ4v) is 1.23. The van der Waals surface area contributed by atoms with E-state index in [1.165, 1.54) is 0 Å². The second-order valence-corrected chi connectivity index (χ2v) is 4.46. The molecule has 0 aromatic heterocycles. The van der Waals surface area contributed by atoms with E-state index in [0.717, 1.165) is 0 Å². The maximum atomic E-state index is 10.6. The van der Waals surface area contributed by atoms with Crippen LogP contribution in [-0.4, -0.2) is 26.0 Å². The summed E-state index contributed by atoms with van der Waals surface area (Å²) < 4.78 is 22.9. The zero-order valence-electron chi connectivity index (χ0n) is 7.52. The molecule has 0 bridgehead atoms. The molecular weight excluding hydrogens is 196 g/mol. The molecule has 0 amide bonds. The van der Waals surface area contributed by atoms with Gasteiger partial charge >= 0.3 is 5.97 Å². The molecule has 0 rings (SSSR count). The van der Waals surface area contributed by atoms with Gasteiger partial charge in [0.25, 0.3) is 10.2 Å². The number of hydrogen-bond acceptors (Lipinski definition) is 3. The van der Waals surface area contributed by atoms with Crippen molar-refractivity contribution in [3.8, 4) is 0 Å². The van der Waals surface area contributed by atoms with E-state index in [1.807, 2.05) is 4.72 Å². The summed E-state index contributed by atoms with van der Waals surface area (Å²) in [5.74, 6) is -1.93. The predicted octanol–water partition coefficient (Wildman–Crippen LogP) is -0.864. The van der Waals surface area contributed by atoms with Crippen molar-refractivity contribution in [3.05, 3.63) is 0 Å². The zero-order chi connectivity index (χ0) is 10.6. The summed E-state index contributed by atoms with van der Waals surface area (Å²) in [7, 11) is -3.80. The number of nitrogens with two attached hydrogens (primary N) is 1. The highest BCUT2D eigenvalue weighted by atomic mass is 32.2. The third-order valence-corrected chi connectivity index (χ3v) is 2.20. The summed E-state index contributed by atoms with van der Waals surface area (Å²) >= 11 is 0. The number of rotatable bonds is 5. The summed E-state index contributed by atoms with van der Waals surface area (Å²) in [5, 5.41) is 13.3. The van der Waals surface area contributed by atoms with Crippen LogP contribution in [0.15, 0.2) is 0 Å². The Hall–Kier alpha value is -0.660. The van der Waals surface area contributed by atoms with E-state index in [1.54, 1.807) is 13.8 Å². The first-order valence-corrected chi connectivity index (χ1v) is 5.29. The van der Waals surface area contributed by atoms with Crippen molar-refractivity contribution in [1.29, 1.82) is 0 Å². The Morgan fingerprint density at radius 2 is 2.00 bits per heavy atom. The van der Waals surface area contributed by atoms with Crippen molar-refractivity contribution in [2.24, 2.45) is 17.0 Å². The Kier molecular flexibility index (Phi) is 4.31. The number of carboxylic acids is 1. The summed E-state index contributed by atoms with van der Waals surface area (Å²) in [4.78, 5) is 10.6. The lowest BCUT2D eigenvalue weighted by molar-refractivity contribution is -0.142. The fourth-order valence-electron chi connectivity index (χ4n) is 0.814. The van der Waals surface area contributed by atoms with Crippen LogP contribution in [0.3, 0.4) is 0 Å². The Bertz CT molecular complexity index is 272. The van der Waals surface area contributed by atoms with Gasteiger partial charge in [0.15, 0.2) is 0 Å². The van der Waals surface area contributed by atoms with Crippen LogP contribution >= 0.6 is 0 Å². The summed E-state index contributed by atoms with van der Waals surface area (Å²) in [6.07, 6.45) is 0. The van der Waals surface area contributed by atoms with E-state index in [2.05, 4.69) is 5.14 Å². The number of carbonyl (C=O) groups is 1. The first-order chi connectivity index (χ1) is 5.74.